The number of benzene rings is 1. The van der Waals surface area contributed by atoms with Crippen molar-refractivity contribution in [2.75, 3.05) is 11.9 Å². The Kier molecular flexibility index (Phi) is 4.71. The molecule has 1 N–H and O–H groups in total. The van der Waals surface area contributed by atoms with Gasteiger partial charge in [0.2, 0.25) is 0 Å². The fraction of sp³-hybridized carbons (Fsp3) is 0.385. The number of hydrogen-bond donors (Lipinski definition) is 1. The van der Waals surface area contributed by atoms with Crippen molar-refractivity contribution in [3.05, 3.63) is 29.3 Å². The number of halogens is 1. The molecule has 4 nitrogen and oxygen atoms in total. The van der Waals surface area contributed by atoms with E-state index in [4.69, 9.17) is 11.6 Å². The van der Waals surface area contributed by atoms with Crippen LogP contribution in [0.1, 0.15) is 19.8 Å². The third kappa shape index (κ3) is 3.42. The Balaban J connectivity index is 2.00. The van der Waals surface area contributed by atoms with E-state index in [1.807, 2.05) is 6.92 Å². The van der Waals surface area contributed by atoms with Crippen molar-refractivity contribution in [2.45, 2.75) is 25.1 Å². The topological polar surface area (TPSA) is 49.4 Å². The first-order chi connectivity index (χ1) is 9.11. The van der Waals surface area contributed by atoms with Gasteiger partial charge in [-0.05, 0) is 42.4 Å². The minimum Gasteiger partial charge on any atom is -0.365 e. The van der Waals surface area contributed by atoms with E-state index in [-0.39, 0.29) is 11.1 Å². The number of amides is 2. The molecule has 1 aromatic carbocycles. The first-order valence-corrected chi connectivity index (χ1v) is 7.41. The molecule has 0 aliphatic carbocycles. The van der Waals surface area contributed by atoms with Gasteiger partial charge in [0.05, 0.1) is 0 Å². The number of anilines is 1. The average molecular weight is 299 g/mol. The third-order valence-corrected chi connectivity index (χ3v) is 4.04. The van der Waals surface area contributed by atoms with Crippen LogP contribution >= 0.6 is 23.4 Å². The molecule has 0 radical (unpaired) electrons. The van der Waals surface area contributed by atoms with Crippen molar-refractivity contribution in [1.82, 2.24) is 4.90 Å². The van der Waals surface area contributed by atoms with E-state index < -0.39 is 5.37 Å². The second kappa shape index (κ2) is 6.30. The van der Waals surface area contributed by atoms with Crippen LogP contribution in [-0.2, 0) is 4.79 Å². The van der Waals surface area contributed by atoms with Gasteiger partial charge in [0, 0.05) is 17.3 Å². The molecule has 19 heavy (non-hydrogen) atoms. The van der Waals surface area contributed by atoms with Crippen molar-refractivity contribution >= 4 is 40.2 Å². The first kappa shape index (κ1) is 14.2. The highest BCUT2D eigenvalue weighted by molar-refractivity contribution is 8.15. The van der Waals surface area contributed by atoms with Crippen LogP contribution in [0.4, 0.5) is 10.5 Å². The quantitative estimate of drug-likeness (QED) is 0.903. The highest BCUT2D eigenvalue weighted by atomic mass is 35.5. The minimum atomic E-state index is -0.537. The number of carbonyl (C=O) groups excluding carboxylic acids is 2. The summed E-state index contributed by atoms with van der Waals surface area (Å²) >= 11 is 6.82. The summed E-state index contributed by atoms with van der Waals surface area (Å²) in [7, 11) is 0. The first-order valence-electron chi connectivity index (χ1n) is 6.16. The molecule has 1 fully saturated rings. The van der Waals surface area contributed by atoms with Crippen molar-refractivity contribution in [2.24, 2.45) is 0 Å². The lowest BCUT2D eigenvalue weighted by Crippen LogP contribution is -2.35. The summed E-state index contributed by atoms with van der Waals surface area (Å²) in [6, 6.07) is 7.06. The molecule has 2 rings (SSSR count). The van der Waals surface area contributed by atoms with Crippen molar-refractivity contribution in [3.8, 4) is 0 Å². The lowest BCUT2D eigenvalue weighted by molar-refractivity contribution is -0.126. The Morgan fingerprint density at radius 1 is 1.32 bits per heavy atom. The molecule has 0 bridgehead atoms. The van der Waals surface area contributed by atoms with Crippen molar-refractivity contribution < 1.29 is 9.59 Å². The van der Waals surface area contributed by atoms with E-state index >= 15 is 0 Å². The Labute approximate surface area is 121 Å². The molecule has 1 aliphatic heterocycles. The van der Waals surface area contributed by atoms with Gasteiger partial charge in [0.25, 0.3) is 11.1 Å². The SMILES string of the molecule is CCCCN1C(=O)SC(Nc2ccc(Cl)cc2)C1=O. The van der Waals surface area contributed by atoms with Crippen LogP contribution in [0.5, 0.6) is 0 Å². The second-order valence-electron chi connectivity index (χ2n) is 4.26. The molecular formula is C13H15ClN2O2S. The number of thioether (sulfide) groups is 1. The monoisotopic (exact) mass is 298 g/mol. The highest BCUT2D eigenvalue weighted by Gasteiger charge is 2.39. The molecule has 6 heteroatoms. The molecule has 102 valence electrons. The Bertz CT molecular complexity index is 478. The number of hydrogen-bond acceptors (Lipinski definition) is 4. The second-order valence-corrected chi connectivity index (χ2v) is 5.75. The van der Waals surface area contributed by atoms with E-state index in [0.717, 1.165) is 30.3 Å². The van der Waals surface area contributed by atoms with Gasteiger partial charge in [-0.25, -0.2) is 0 Å². The number of nitrogens with zero attached hydrogens (tertiary/aromatic N) is 1. The Morgan fingerprint density at radius 3 is 2.63 bits per heavy atom. The maximum atomic E-state index is 12.1. The summed E-state index contributed by atoms with van der Waals surface area (Å²) in [5.41, 5.74) is 0.778. The van der Waals surface area contributed by atoms with Gasteiger partial charge in [-0.3, -0.25) is 14.5 Å². The van der Waals surface area contributed by atoms with Crippen LogP contribution in [0.2, 0.25) is 5.02 Å². The fourth-order valence-corrected chi connectivity index (χ4v) is 2.81. The van der Waals surface area contributed by atoms with Gasteiger partial charge in [-0.15, -0.1) is 0 Å². The molecule has 0 saturated carbocycles. The average Bonchev–Trinajstić information content (AvgIpc) is 2.65. The van der Waals surface area contributed by atoms with Crippen LogP contribution < -0.4 is 5.32 Å². The van der Waals surface area contributed by atoms with Crippen molar-refractivity contribution in [1.29, 1.82) is 0 Å². The number of imide groups is 1. The van der Waals surface area contributed by atoms with Gasteiger partial charge in [0.15, 0.2) is 5.37 Å². The summed E-state index contributed by atoms with van der Waals surface area (Å²) in [5, 5.41) is 2.97. The minimum absolute atomic E-state index is 0.168. The molecule has 0 spiro atoms. The van der Waals surface area contributed by atoms with Crippen LogP contribution in [0.25, 0.3) is 0 Å². The normalized spacial score (nSPS) is 19.1. The lowest BCUT2D eigenvalue weighted by Gasteiger charge is -2.14. The van der Waals surface area contributed by atoms with E-state index in [9.17, 15) is 9.59 Å². The van der Waals surface area contributed by atoms with Crippen molar-refractivity contribution in [3.63, 3.8) is 0 Å². The number of carbonyl (C=O) groups is 2. The largest absolute Gasteiger partial charge is 0.365 e. The molecule has 1 saturated heterocycles. The fourth-order valence-electron chi connectivity index (χ4n) is 1.75. The Hall–Kier alpha value is -1.20. The van der Waals surface area contributed by atoms with E-state index in [1.54, 1.807) is 24.3 Å². The summed E-state index contributed by atoms with van der Waals surface area (Å²) < 4.78 is 0. The van der Waals surface area contributed by atoms with Gasteiger partial charge in [-0.1, -0.05) is 24.9 Å². The number of nitrogens with one attached hydrogen (secondary N) is 1. The van der Waals surface area contributed by atoms with Crippen LogP contribution in [0.15, 0.2) is 24.3 Å². The third-order valence-electron chi connectivity index (χ3n) is 2.81. The molecule has 1 atom stereocenters. The van der Waals surface area contributed by atoms with Crippen LogP contribution in [-0.4, -0.2) is 28.0 Å². The van der Waals surface area contributed by atoms with Gasteiger partial charge >= 0.3 is 0 Å². The van der Waals surface area contributed by atoms with Crippen LogP contribution in [0, 0.1) is 0 Å². The molecular weight excluding hydrogens is 284 g/mol. The molecule has 1 aromatic rings. The maximum absolute atomic E-state index is 12.1. The maximum Gasteiger partial charge on any atom is 0.290 e. The molecule has 1 unspecified atom stereocenters. The Morgan fingerprint density at radius 2 is 2.00 bits per heavy atom. The van der Waals surface area contributed by atoms with E-state index in [1.165, 1.54) is 4.90 Å². The van der Waals surface area contributed by atoms with E-state index in [0.29, 0.717) is 11.6 Å². The smallest absolute Gasteiger partial charge is 0.290 e. The molecule has 0 aromatic heterocycles. The zero-order chi connectivity index (χ0) is 13.8. The summed E-state index contributed by atoms with van der Waals surface area (Å²) in [4.78, 5) is 25.2. The number of unbranched alkanes of at least 4 members (excludes halogenated alkanes) is 1. The summed E-state index contributed by atoms with van der Waals surface area (Å²) in [5.74, 6) is -0.168. The highest BCUT2D eigenvalue weighted by Crippen LogP contribution is 2.28. The van der Waals surface area contributed by atoms with Gasteiger partial charge in [-0.2, -0.15) is 0 Å². The molecule has 1 heterocycles. The van der Waals surface area contributed by atoms with Crippen LogP contribution in [0.3, 0.4) is 0 Å². The zero-order valence-corrected chi connectivity index (χ0v) is 12.1. The standard InChI is InChI=1S/C13H15ClN2O2S/c1-2-3-8-16-12(17)11(19-13(16)18)15-10-6-4-9(14)5-7-10/h4-7,11,15H,2-3,8H2,1H3. The predicted molar refractivity (Wildman–Crippen MR) is 78.5 cm³/mol. The number of rotatable bonds is 5. The lowest BCUT2D eigenvalue weighted by atomic mass is 10.3. The summed E-state index contributed by atoms with van der Waals surface area (Å²) in [6.45, 7) is 2.53. The zero-order valence-electron chi connectivity index (χ0n) is 10.6. The van der Waals surface area contributed by atoms with E-state index in [2.05, 4.69) is 5.32 Å². The van der Waals surface area contributed by atoms with Gasteiger partial charge in [0.1, 0.15) is 0 Å². The predicted octanol–water partition coefficient (Wildman–Crippen LogP) is 3.57. The van der Waals surface area contributed by atoms with Gasteiger partial charge < -0.3 is 5.32 Å². The molecule has 1 aliphatic rings. The summed E-state index contributed by atoms with van der Waals surface area (Å²) in [6.07, 6.45) is 1.79. The molecule has 2 amide bonds.